The van der Waals surface area contributed by atoms with Crippen molar-refractivity contribution >= 4 is 16.9 Å². The number of aromatic amines is 1. The molecular weight excluding hydrogens is 240 g/mol. The third-order valence-electron chi connectivity index (χ3n) is 3.48. The zero-order valence-corrected chi connectivity index (χ0v) is 10.8. The molecule has 5 nitrogen and oxygen atoms in total. The maximum atomic E-state index is 11.8. The zero-order valence-electron chi connectivity index (χ0n) is 10.8. The van der Waals surface area contributed by atoms with Crippen molar-refractivity contribution in [3.8, 4) is 0 Å². The van der Waals surface area contributed by atoms with E-state index in [0.717, 1.165) is 42.7 Å². The van der Waals surface area contributed by atoms with E-state index >= 15 is 0 Å². The van der Waals surface area contributed by atoms with Gasteiger partial charge in [0.15, 0.2) is 0 Å². The number of amides is 1. The summed E-state index contributed by atoms with van der Waals surface area (Å²) >= 11 is 0. The molecule has 1 aromatic carbocycles. The number of H-pyrrole nitrogens is 1. The van der Waals surface area contributed by atoms with Crippen LogP contribution in [0.2, 0.25) is 0 Å². The molecule has 5 heteroatoms. The molecule has 100 valence electrons. The molecule has 0 saturated carbocycles. The fourth-order valence-corrected chi connectivity index (χ4v) is 2.46. The molecule has 1 aliphatic heterocycles. The van der Waals surface area contributed by atoms with Crippen molar-refractivity contribution in [3.63, 3.8) is 0 Å². The highest BCUT2D eigenvalue weighted by Crippen LogP contribution is 2.10. The first kappa shape index (κ1) is 12.2. The van der Waals surface area contributed by atoms with E-state index in [4.69, 9.17) is 0 Å². The van der Waals surface area contributed by atoms with Crippen LogP contribution in [0.5, 0.6) is 0 Å². The molecule has 0 aliphatic carbocycles. The van der Waals surface area contributed by atoms with Crippen LogP contribution in [-0.2, 0) is 11.2 Å². The van der Waals surface area contributed by atoms with Crippen LogP contribution in [0.15, 0.2) is 24.3 Å². The summed E-state index contributed by atoms with van der Waals surface area (Å²) < 4.78 is 0. The number of hydrogen-bond acceptors (Lipinski definition) is 3. The summed E-state index contributed by atoms with van der Waals surface area (Å²) in [6.07, 6.45) is 2.76. The van der Waals surface area contributed by atoms with Gasteiger partial charge in [-0.3, -0.25) is 4.79 Å². The number of carbonyl (C=O) groups is 1. The maximum Gasteiger partial charge on any atom is 0.237 e. The average molecular weight is 258 g/mol. The topological polar surface area (TPSA) is 69.8 Å². The number of nitrogens with zero attached hydrogens (tertiary/aromatic N) is 1. The van der Waals surface area contributed by atoms with E-state index in [1.807, 2.05) is 24.3 Å². The number of carbonyl (C=O) groups excluding carboxylic acids is 1. The lowest BCUT2D eigenvalue weighted by molar-refractivity contribution is -0.122. The SMILES string of the molecule is O=C(NCCc1nc2ccccc2[nH]1)C1CCCN1. The maximum absolute atomic E-state index is 11.8. The summed E-state index contributed by atoms with van der Waals surface area (Å²) in [4.78, 5) is 19.5. The predicted molar refractivity (Wildman–Crippen MR) is 73.8 cm³/mol. The Balaban J connectivity index is 1.53. The van der Waals surface area contributed by atoms with Crippen LogP contribution in [0.3, 0.4) is 0 Å². The van der Waals surface area contributed by atoms with Crippen LogP contribution in [0, 0.1) is 0 Å². The van der Waals surface area contributed by atoms with Gasteiger partial charge in [0, 0.05) is 13.0 Å². The zero-order chi connectivity index (χ0) is 13.1. The van der Waals surface area contributed by atoms with Crippen LogP contribution < -0.4 is 10.6 Å². The number of imidazole rings is 1. The lowest BCUT2D eigenvalue weighted by atomic mass is 10.2. The Morgan fingerprint density at radius 3 is 3.11 bits per heavy atom. The minimum absolute atomic E-state index is 0.00401. The molecule has 19 heavy (non-hydrogen) atoms. The summed E-state index contributed by atoms with van der Waals surface area (Å²) in [5.41, 5.74) is 2.02. The van der Waals surface area contributed by atoms with Crippen LogP contribution in [0.25, 0.3) is 11.0 Å². The van der Waals surface area contributed by atoms with Crippen molar-refractivity contribution in [2.45, 2.75) is 25.3 Å². The van der Waals surface area contributed by atoms with Crippen molar-refractivity contribution in [1.29, 1.82) is 0 Å². The monoisotopic (exact) mass is 258 g/mol. The Labute approximate surface area is 111 Å². The van der Waals surface area contributed by atoms with Crippen molar-refractivity contribution in [2.24, 2.45) is 0 Å². The molecule has 1 atom stereocenters. The first-order valence-corrected chi connectivity index (χ1v) is 6.77. The van der Waals surface area contributed by atoms with E-state index in [2.05, 4.69) is 20.6 Å². The predicted octanol–water partition coefficient (Wildman–Crippen LogP) is 0.974. The van der Waals surface area contributed by atoms with E-state index in [-0.39, 0.29) is 11.9 Å². The molecule has 0 spiro atoms. The van der Waals surface area contributed by atoms with E-state index in [0.29, 0.717) is 6.54 Å². The molecule has 1 saturated heterocycles. The van der Waals surface area contributed by atoms with Crippen LogP contribution >= 0.6 is 0 Å². The fourth-order valence-electron chi connectivity index (χ4n) is 2.46. The molecule has 0 bridgehead atoms. The van der Waals surface area contributed by atoms with Gasteiger partial charge in [-0.25, -0.2) is 4.98 Å². The number of para-hydroxylation sites is 2. The summed E-state index contributed by atoms with van der Waals surface area (Å²) in [6, 6.07) is 7.94. The molecule has 3 rings (SSSR count). The second kappa shape index (κ2) is 5.40. The molecule has 1 fully saturated rings. The number of rotatable bonds is 4. The summed E-state index contributed by atoms with van der Waals surface area (Å²) in [6.45, 7) is 1.57. The van der Waals surface area contributed by atoms with Gasteiger partial charge in [0.2, 0.25) is 5.91 Å². The third-order valence-corrected chi connectivity index (χ3v) is 3.48. The molecule has 1 aliphatic rings. The van der Waals surface area contributed by atoms with Gasteiger partial charge in [-0.05, 0) is 31.5 Å². The minimum atomic E-state index is -0.00401. The molecule has 1 unspecified atom stereocenters. The van der Waals surface area contributed by atoms with Gasteiger partial charge in [-0.15, -0.1) is 0 Å². The Morgan fingerprint density at radius 2 is 2.32 bits per heavy atom. The number of aromatic nitrogens is 2. The van der Waals surface area contributed by atoms with Crippen LogP contribution in [0.4, 0.5) is 0 Å². The van der Waals surface area contributed by atoms with Gasteiger partial charge in [-0.2, -0.15) is 0 Å². The van der Waals surface area contributed by atoms with Gasteiger partial charge < -0.3 is 15.6 Å². The Bertz CT molecular complexity index is 539. The number of nitrogens with one attached hydrogen (secondary N) is 3. The van der Waals surface area contributed by atoms with Crippen molar-refractivity contribution in [2.75, 3.05) is 13.1 Å². The molecule has 0 radical (unpaired) electrons. The van der Waals surface area contributed by atoms with Gasteiger partial charge in [0.1, 0.15) is 5.82 Å². The van der Waals surface area contributed by atoms with Crippen molar-refractivity contribution in [3.05, 3.63) is 30.1 Å². The highest BCUT2D eigenvalue weighted by molar-refractivity contribution is 5.82. The quantitative estimate of drug-likeness (QED) is 0.765. The highest BCUT2D eigenvalue weighted by Gasteiger charge is 2.21. The van der Waals surface area contributed by atoms with Gasteiger partial charge in [-0.1, -0.05) is 12.1 Å². The van der Waals surface area contributed by atoms with Crippen LogP contribution in [-0.4, -0.2) is 35.0 Å². The summed E-state index contributed by atoms with van der Waals surface area (Å²) in [5, 5.41) is 6.15. The molecule has 3 N–H and O–H groups in total. The Morgan fingerprint density at radius 1 is 1.42 bits per heavy atom. The molecule has 2 aromatic rings. The third kappa shape index (κ3) is 2.76. The second-order valence-electron chi connectivity index (χ2n) is 4.89. The number of hydrogen-bond donors (Lipinski definition) is 3. The standard InChI is InChI=1S/C14H18N4O/c19-14(12-6-3-8-15-12)16-9-7-13-17-10-4-1-2-5-11(10)18-13/h1-2,4-5,12,15H,3,6-9H2,(H,16,19)(H,17,18). The van der Waals surface area contributed by atoms with E-state index in [1.165, 1.54) is 0 Å². The molecule has 1 aromatic heterocycles. The fraction of sp³-hybridized carbons (Fsp3) is 0.429. The average Bonchev–Trinajstić information content (AvgIpc) is 3.07. The van der Waals surface area contributed by atoms with E-state index in [9.17, 15) is 4.79 Å². The van der Waals surface area contributed by atoms with Gasteiger partial charge >= 0.3 is 0 Å². The molecule has 1 amide bonds. The van der Waals surface area contributed by atoms with E-state index in [1.54, 1.807) is 0 Å². The minimum Gasteiger partial charge on any atom is -0.354 e. The smallest absolute Gasteiger partial charge is 0.237 e. The Hall–Kier alpha value is -1.88. The summed E-state index contributed by atoms with van der Waals surface area (Å²) in [7, 11) is 0. The second-order valence-corrected chi connectivity index (χ2v) is 4.89. The van der Waals surface area contributed by atoms with E-state index < -0.39 is 0 Å². The first-order valence-electron chi connectivity index (χ1n) is 6.77. The lowest BCUT2D eigenvalue weighted by Crippen LogP contribution is -2.41. The highest BCUT2D eigenvalue weighted by atomic mass is 16.2. The number of benzene rings is 1. The van der Waals surface area contributed by atoms with Crippen LogP contribution in [0.1, 0.15) is 18.7 Å². The largest absolute Gasteiger partial charge is 0.354 e. The van der Waals surface area contributed by atoms with Crippen molar-refractivity contribution in [1.82, 2.24) is 20.6 Å². The van der Waals surface area contributed by atoms with Crippen molar-refractivity contribution < 1.29 is 4.79 Å². The lowest BCUT2D eigenvalue weighted by Gasteiger charge is -2.10. The summed E-state index contributed by atoms with van der Waals surface area (Å²) in [5.74, 6) is 1.02. The molecule has 2 heterocycles. The number of fused-ring (bicyclic) bond motifs is 1. The Kier molecular flexibility index (Phi) is 3.46. The van der Waals surface area contributed by atoms with Gasteiger partial charge in [0.05, 0.1) is 17.1 Å². The van der Waals surface area contributed by atoms with Gasteiger partial charge in [0.25, 0.3) is 0 Å². The first-order chi connectivity index (χ1) is 9.33. The molecular formula is C14H18N4O. The normalized spacial score (nSPS) is 18.8.